The van der Waals surface area contributed by atoms with Gasteiger partial charge in [-0.1, -0.05) is 46.9 Å². The van der Waals surface area contributed by atoms with Crippen LogP contribution in [0.5, 0.6) is 5.75 Å². The van der Waals surface area contributed by atoms with E-state index >= 15 is 0 Å². The first kappa shape index (κ1) is 27.7. The third-order valence-electron chi connectivity index (χ3n) is 5.41. The zero-order valence-electron chi connectivity index (χ0n) is 19.5. The summed E-state index contributed by atoms with van der Waals surface area (Å²) in [5, 5.41) is 5.87. The fraction of sp³-hybridized carbons (Fsp3) is 0.0769. The number of imide groups is 2. The molecule has 1 heterocycles. The van der Waals surface area contributed by atoms with Gasteiger partial charge in [-0.15, -0.1) is 0 Å². The third-order valence-corrected chi connectivity index (χ3v) is 7.18. The summed E-state index contributed by atoms with van der Waals surface area (Å²) in [6, 6.07) is 13.4. The molecule has 0 unspecified atom stereocenters. The van der Waals surface area contributed by atoms with Crippen molar-refractivity contribution >= 4 is 91.9 Å². The highest BCUT2D eigenvalue weighted by molar-refractivity contribution is 9.10. The van der Waals surface area contributed by atoms with Crippen molar-refractivity contribution in [3.05, 3.63) is 90.8 Å². The molecule has 1 fully saturated rings. The summed E-state index contributed by atoms with van der Waals surface area (Å²) in [5.41, 5.74) is 1.47. The molecule has 194 valence electrons. The van der Waals surface area contributed by atoms with Crippen LogP contribution in [-0.4, -0.2) is 30.4 Å². The highest BCUT2D eigenvalue weighted by Gasteiger charge is 2.37. The largest absolute Gasteiger partial charge is 0.483 e. The molecule has 0 spiro atoms. The Kier molecular flexibility index (Phi) is 8.42. The Balaban J connectivity index is 1.49. The maximum atomic E-state index is 13.2. The molecule has 4 rings (SSSR count). The fourth-order valence-electron chi connectivity index (χ4n) is 3.52. The molecule has 0 atom stereocenters. The Labute approximate surface area is 240 Å². The molecule has 3 aromatic rings. The molecule has 8 nitrogen and oxygen atoms in total. The predicted octanol–water partition coefficient (Wildman–Crippen LogP) is 6.40. The highest BCUT2D eigenvalue weighted by Crippen LogP contribution is 2.31. The van der Waals surface area contributed by atoms with Gasteiger partial charge in [-0.2, -0.15) is 0 Å². The van der Waals surface area contributed by atoms with Crippen LogP contribution in [0, 0.1) is 6.92 Å². The minimum atomic E-state index is -0.869. The lowest BCUT2D eigenvalue weighted by Crippen LogP contribution is -2.54. The zero-order chi connectivity index (χ0) is 27.6. The van der Waals surface area contributed by atoms with Crippen molar-refractivity contribution in [3.63, 3.8) is 0 Å². The van der Waals surface area contributed by atoms with E-state index in [2.05, 4.69) is 26.6 Å². The predicted molar refractivity (Wildman–Crippen MR) is 150 cm³/mol. The van der Waals surface area contributed by atoms with Gasteiger partial charge >= 0.3 is 6.03 Å². The van der Waals surface area contributed by atoms with E-state index in [0.29, 0.717) is 42.1 Å². The monoisotopic (exact) mass is 635 g/mol. The van der Waals surface area contributed by atoms with Gasteiger partial charge in [-0.3, -0.25) is 19.7 Å². The first-order chi connectivity index (χ1) is 18.0. The van der Waals surface area contributed by atoms with E-state index < -0.39 is 23.8 Å². The molecule has 0 saturated carbocycles. The summed E-state index contributed by atoms with van der Waals surface area (Å²) in [6.07, 6.45) is 1.35. The Morgan fingerprint density at radius 2 is 1.79 bits per heavy atom. The first-order valence-electron chi connectivity index (χ1n) is 10.9. The summed E-state index contributed by atoms with van der Waals surface area (Å²) in [6.45, 7) is 1.37. The number of nitrogens with one attached hydrogen (secondary N) is 2. The number of carbonyl (C=O) groups is 4. The molecule has 1 aliphatic heterocycles. The average molecular weight is 638 g/mol. The lowest BCUT2D eigenvalue weighted by molar-refractivity contribution is -0.122. The summed E-state index contributed by atoms with van der Waals surface area (Å²) >= 11 is 21.4. The van der Waals surface area contributed by atoms with E-state index in [1.165, 1.54) is 12.1 Å². The fourth-order valence-corrected chi connectivity index (χ4v) is 4.50. The van der Waals surface area contributed by atoms with Crippen LogP contribution in [0.4, 0.5) is 16.2 Å². The quantitative estimate of drug-likeness (QED) is 0.241. The number of amides is 5. The smallest absolute Gasteiger partial charge is 0.335 e. The maximum Gasteiger partial charge on any atom is 0.335 e. The second-order valence-electron chi connectivity index (χ2n) is 8.00. The normalized spacial score (nSPS) is 14.5. The number of anilines is 2. The molecule has 0 bridgehead atoms. The van der Waals surface area contributed by atoms with E-state index in [1.807, 2.05) is 0 Å². The molecule has 0 aromatic heterocycles. The van der Waals surface area contributed by atoms with Crippen LogP contribution in [0.25, 0.3) is 6.08 Å². The zero-order valence-corrected chi connectivity index (χ0v) is 23.3. The first-order valence-corrected chi connectivity index (χ1v) is 12.8. The van der Waals surface area contributed by atoms with Crippen LogP contribution in [0.2, 0.25) is 15.1 Å². The molecule has 5 amide bonds. The Morgan fingerprint density at radius 3 is 2.50 bits per heavy atom. The van der Waals surface area contributed by atoms with Crippen LogP contribution in [0.1, 0.15) is 11.1 Å². The van der Waals surface area contributed by atoms with Crippen molar-refractivity contribution in [1.29, 1.82) is 0 Å². The molecule has 12 heteroatoms. The molecule has 3 aromatic carbocycles. The molecule has 1 aliphatic rings. The lowest BCUT2D eigenvalue weighted by Gasteiger charge is -2.27. The number of halogens is 4. The number of benzene rings is 3. The van der Waals surface area contributed by atoms with Gasteiger partial charge in [-0.25, -0.2) is 9.69 Å². The van der Waals surface area contributed by atoms with Gasteiger partial charge in [0, 0.05) is 10.7 Å². The SMILES string of the molecule is Cc1c(Cl)cccc1N1C(=O)NC(=O)/C(=C/c2ccc(OCC(=O)Nc3ccc(Cl)c(Cl)c3)c(Br)c2)C1=O. The molecule has 0 radical (unpaired) electrons. The van der Waals surface area contributed by atoms with E-state index in [9.17, 15) is 19.2 Å². The van der Waals surface area contributed by atoms with Gasteiger partial charge in [0.2, 0.25) is 0 Å². The van der Waals surface area contributed by atoms with Crippen LogP contribution >= 0.6 is 50.7 Å². The molecule has 38 heavy (non-hydrogen) atoms. The summed E-state index contributed by atoms with van der Waals surface area (Å²) in [4.78, 5) is 51.3. The average Bonchev–Trinajstić information content (AvgIpc) is 2.86. The van der Waals surface area contributed by atoms with E-state index in [0.717, 1.165) is 4.90 Å². The van der Waals surface area contributed by atoms with Gasteiger partial charge in [0.1, 0.15) is 11.3 Å². The van der Waals surface area contributed by atoms with Crippen molar-refractivity contribution in [1.82, 2.24) is 5.32 Å². The third kappa shape index (κ3) is 6.02. The number of hydrogen-bond donors (Lipinski definition) is 2. The number of carbonyl (C=O) groups excluding carboxylic acids is 4. The number of nitrogens with zero attached hydrogens (tertiary/aromatic N) is 1. The minimum absolute atomic E-state index is 0.245. The van der Waals surface area contributed by atoms with Crippen molar-refractivity contribution in [2.24, 2.45) is 0 Å². The maximum absolute atomic E-state index is 13.2. The summed E-state index contributed by atoms with van der Waals surface area (Å²) in [5.74, 6) is -1.69. The second kappa shape index (κ2) is 11.6. The van der Waals surface area contributed by atoms with Crippen molar-refractivity contribution < 1.29 is 23.9 Å². The van der Waals surface area contributed by atoms with Gasteiger partial charge in [0.25, 0.3) is 17.7 Å². The Morgan fingerprint density at radius 1 is 1.03 bits per heavy atom. The van der Waals surface area contributed by atoms with E-state index in [-0.39, 0.29) is 17.9 Å². The Hall–Kier alpha value is -3.37. The molecule has 2 N–H and O–H groups in total. The molecule has 1 saturated heterocycles. The van der Waals surface area contributed by atoms with Crippen LogP contribution in [0.15, 0.2) is 64.6 Å². The standard InChI is InChI=1S/C26H17BrCl3N3O5/c1-13-18(28)3-2-4-21(13)33-25(36)16(24(35)32-26(33)37)9-14-5-8-22(17(27)10-14)38-12-23(34)31-15-6-7-19(29)20(30)11-15/h2-11H,12H2,1H3,(H,31,34)(H,32,35,37)/b16-9-. The van der Waals surface area contributed by atoms with E-state index in [1.54, 1.807) is 55.5 Å². The Bertz CT molecular complexity index is 1530. The van der Waals surface area contributed by atoms with Crippen LogP contribution in [-0.2, 0) is 14.4 Å². The lowest BCUT2D eigenvalue weighted by atomic mass is 10.1. The summed E-state index contributed by atoms with van der Waals surface area (Å²) < 4.78 is 6.04. The number of urea groups is 1. The van der Waals surface area contributed by atoms with Crippen LogP contribution in [0.3, 0.4) is 0 Å². The van der Waals surface area contributed by atoms with Crippen molar-refractivity contribution in [2.75, 3.05) is 16.8 Å². The van der Waals surface area contributed by atoms with Gasteiger partial charge in [-0.05, 0) is 82.5 Å². The van der Waals surface area contributed by atoms with Gasteiger partial charge in [0.05, 0.1) is 20.2 Å². The second-order valence-corrected chi connectivity index (χ2v) is 10.1. The number of hydrogen-bond acceptors (Lipinski definition) is 5. The van der Waals surface area contributed by atoms with Crippen LogP contribution < -0.4 is 20.3 Å². The number of rotatable bonds is 6. The van der Waals surface area contributed by atoms with Crippen molar-refractivity contribution in [2.45, 2.75) is 6.92 Å². The van der Waals surface area contributed by atoms with Crippen molar-refractivity contribution in [3.8, 4) is 5.75 Å². The molecular formula is C26H17BrCl3N3O5. The molecular weight excluding hydrogens is 621 g/mol. The topological polar surface area (TPSA) is 105 Å². The van der Waals surface area contributed by atoms with E-state index in [4.69, 9.17) is 39.5 Å². The number of ether oxygens (including phenoxy) is 1. The van der Waals surface area contributed by atoms with Gasteiger partial charge in [0.15, 0.2) is 6.61 Å². The minimum Gasteiger partial charge on any atom is -0.483 e. The number of barbiturate groups is 1. The van der Waals surface area contributed by atoms with Gasteiger partial charge < -0.3 is 10.1 Å². The molecule has 0 aliphatic carbocycles. The summed E-state index contributed by atoms with van der Waals surface area (Å²) in [7, 11) is 0. The highest BCUT2D eigenvalue weighted by atomic mass is 79.9.